The van der Waals surface area contributed by atoms with Crippen LogP contribution in [0.2, 0.25) is 0 Å². The SMILES string of the molecule is Cc1ncnc(N2CC(C#N)C2)c1C. The molecule has 0 aromatic carbocycles. The fourth-order valence-corrected chi connectivity index (χ4v) is 1.58. The highest BCUT2D eigenvalue weighted by molar-refractivity contribution is 5.50. The first-order chi connectivity index (χ1) is 6.72. The lowest BCUT2D eigenvalue weighted by atomic mass is 10.0. The van der Waals surface area contributed by atoms with Gasteiger partial charge in [-0.25, -0.2) is 9.97 Å². The Morgan fingerprint density at radius 2 is 2.14 bits per heavy atom. The molecule has 0 spiro atoms. The summed E-state index contributed by atoms with van der Waals surface area (Å²) in [6, 6.07) is 2.25. The van der Waals surface area contributed by atoms with Gasteiger partial charge < -0.3 is 4.90 Å². The third-order valence-corrected chi connectivity index (χ3v) is 2.67. The van der Waals surface area contributed by atoms with Gasteiger partial charge in [-0.1, -0.05) is 0 Å². The van der Waals surface area contributed by atoms with Gasteiger partial charge in [0, 0.05) is 24.3 Å². The van der Waals surface area contributed by atoms with Gasteiger partial charge in [0.15, 0.2) is 0 Å². The molecule has 4 nitrogen and oxygen atoms in total. The first-order valence-corrected chi connectivity index (χ1v) is 4.65. The summed E-state index contributed by atoms with van der Waals surface area (Å²) >= 11 is 0. The highest BCUT2D eigenvalue weighted by atomic mass is 15.2. The summed E-state index contributed by atoms with van der Waals surface area (Å²) in [5.41, 5.74) is 2.12. The minimum absolute atomic E-state index is 0.171. The normalized spacial score (nSPS) is 16.2. The van der Waals surface area contributed by atoms with Crippen LogP contribution < -0.4 is 4.90 Å². The zero-order valence-corrected chi connectivity index (χ0v) is 8.36. The van der Waals surface area contributed by atoms with Crippen LogP contribution in [0.5, 0.6) is 0 Å². The van der Waals surface area contributed by atoms with Crippen molar-refractivity contribution < 1.29 is 0 Å². The molecule has 0 bridgehead atoms. The summed E-state index contributed by atoms with van der Waals surface area (Å²) in [7, 11) is 0. The zero-order chi connectivity index (χ0) is 10.1. The van der Waals surface area contributed by atoms with Crippen LogP contribution in [0.25, 0.3) is 0 Å². The number of aryl methyl sites for hydroxylation is 1. The van der Waals surface area contributed by atoms with E-state index in [1.165, 1.54) is 0 Å². The van der Waals surface area contributed by atoms with Crippen molar-refractivity contribution in [3.63, 3.8) is 0 Å². The predicted molar refractivity (Wildman–Crippen MR) is 52.8 cm³/mol. The van der Waals surface area contributed by atoms with E-state index in [0.29, 0.717) is 0 Å². The molecule has 14 heavy (non-hydrogen) atoms. The fourth-order valence-electron chi connectivity index (χ4n) is 1.58. The Kier molecular flexibility index (Phi) is 2.08. The molecule has 1 aromatic heterocycles. The van der Waals surface area contributed by atoms with E-state index in [-0.39, 0.29) is 5.92 Å². The van der Waals surface area contributed by atoms with Gasteiger partial charge in [-0.3, -0.25) is 0 Å². The van der Waals surface area contributed by atoms with Gasteiger partial charge in [0.2, 0.25) is 0 Å². The second-order valence-electron chi connectivity index (χ2n) is 3.64. The smallest absolute Gasteiger partial charge is 0.135 e. The maximum atomic E-state index is 8.67. The number of nitriles is 1. The van der Waals surface area contributed by atoms with Gasteiger partial charge in [-0.15, -0.1) is 0 Å². The van der Waals surface area contributed by atoms with Crippen molar-refractivity contribution in [3.05, 3.63) is 17.6 Å². The Hall–Kier alpha value is -1.63. The van der Waals surface area contributed by atoms with Gasteiger partial charge in [0.05, 0.1) is 12.0 Å². The fraction of sp³-hybridized carbons (Fsp3) is 0.500. The highest BCUT2D eigenvalue weighted by Crippen LogP contribution is 2.25. The molecule has 72 valence electrons. The topological polar surface area (TPSA) is 52.8 Å². The Morgan fingerprint density at radius 3 is 2.79 bits per heavy atom. The summed E-state index contributed by atoms with van der Waals surface area (Å²) in [5.74, 6) is 1.15. The standard InChI is InChI=1S/C10H12N4/c1-7-8(2)12-6-13-10(7)14-4-9(3-11)5-14/h6,9H,4-5H2,1-2H3. The zero-order valence-electron chi connectivity index (χ0n) is 8.36. The molecular weight excluding hydrogens is 176 g/mol. The molecule has 0 aliphatic carbocycles. The van der Waals surface area contributed by atoms with E-state index in [4.69, 9.17) is 5.26 Å². The van der Waals surface area contributed by atoms with Gasteiger partial charge in [-0.2, -0.15) is 5.26 Å². The number of hydrogen-bond donors (Lipinski definition) is 0. The van der Waals surface area contributed by atoms with Crippen molar-refractivity contribution in [1.29, 1.82) is 5.26 Å². The first-order valence-electron chi connectivity index (χ1n) is 4.65. The number of hydrogen-bond acceptors (Lipinski definition) is 4. The lowest BCUT2D eigenvalue weighted by Gasteiger charge is -2.37. The average Bonchev–Trinajstić information content (AvgIpc) is 2.10. The second-order valence-corrected chi connectivity index (χ2v) is 3.64. The number of aromatic nitrogens is 2. The molecule has 2 heterocycles. The van der Waals surface area contributed by atoms with E-state index in [0.717, 1.165) is 30.2 Å². The van der Waals surface area contributed by atoms with E-state index >= 15 is 0 Å². The summed E-state index contributed by atoms with van der Waals surface area (Å²) in [6.07, 6.45) is 1.58. The molecule has 0 N–H and O–H groups in total. The van der Waals surface area contributed by atoms with Gasteiger partial charge in [0.1, 0.15) is 12.1 Å². The summed E-state index contributed by atoms with van der Waals surface area (Å²) in [4.78, 5) is 10.5. The molecule has 0 unspecified atom stereocenters. The molecule has 2 rings (SSSR count). The monoisotopic (exact) mass is 188 g/mol. The molecular formula is C10H12N4. The molecule has 1 aliphatic rings. The van der Waals surface area contributed by atoms with E-state index in [2.05, 4.69) is 20.9 Å². The second kappa shape index (κ2) is 3.26. The average molecular weight is 188 g/mol. The number of anilines is 1. The molecule has 1 fully saturated rings. The Labute approximate surface area is 83.2 Å². The lowest BCUT2D eigenvalue weighted by Crippen LogP contribution is -2.46. The summed E-state index contributed by atoms with van der Waals surface area (Å²) in [5, 5.41) is 8.67. The van der Waals surface area contributed by atoms with Crippen LogP contribution in [0.4, 0.5) is 5.82 Å². The van der Waals surface area contributed by atoms with E-state index in [1.54, 1.807) is 6.33 Å². The van der Waals surface area contributed by atoms with Crippen molar-refractivity contribution in [1.82, 2.24) is 9.97 Å². The summed E-state index contributed by atoms with van der Waals surface area (Å²) < 4.78 is 0. The van der Waals surface area contributed by atoms with Crippen LogP contribution in [-0.4, -0.2) is 23.1 Å². The summed E-state index contributed by atoms with van der Waals surface area (Å²) in [6.45, 7) is 5.59. The van der Waals surface area contributed by atoms with Crippen molar-refractivity contribution in [3.8, 4) is 6.07 Å². The van der Waals surface area contributed by atoms with Crippen LogP contribution in [0.1, 0.15) is 11.3 Å². The molecule has 0 radical (unpaired) electrons. The highest BCUT2D eigenvalue weighted by Gasteiger charge is 2.28. The first kappa shape index (κ1) is 8.95. The Morgan fingerprint density at radius 1 is 1.43 bits per heavy atom. The molecule has 0 amide bonds. The Balaban J connectivity index is 2.19. The molecule has 4 heteroatoms. The third-order valence-electron chi connectivity index (χ3n) is 2.67. The minimum Gasteiger partial charge on any atom is -0.354 e. The molecule has 0 saturated carbocycles. The largest absolute Gasteiger partial charge is 0.354 e. The van der Waals surface area contributed by atoms with Crippen LogP contribution in [-0.2, 0) is 0 Å². The van der Waals surface area contributed by atoms with Crippen molar-refractivity contribution in [2.75, 3.05) is 18.0 Å². The maximum absolute atomic E-state index is 8.67. The molecule has 0 atom stereocenters. The lowest BCUT2D eigenvalue weighted by molar-refractivity contribution is 0.498. The van der Waals surface area contributed by atoms with Gasteiger partial charge >= 0.3 is 0 Å². The van der Waals surface area contributed by atoms with Gasteiger partial charge in [0.25, 0.3) is 0 Å². The maximum Gasteiger partial charge on any atom is 0.135 e. The van der Waals surface area contributed by atoms with Crippen LogP contribution in [0.15, 0.2) is 6.33 Å². The van der Waals surface area contributed by atoms with Crippen molar-refractivity contribution in [2.24, 2.45) is 5.92 Å². The quantitative estimate of drug-likeness (QED) is 0.661. The number of nitrogens with zero attached hydrogens (tertiary/aromatic N) is 4. The van der Waals surface area contributed by atoms with Crippen LogP contribution in [0, 0.1) is 31.1 Å². The van der Waals surface area contributed by atoms with Crippen LogP contribution >= 0.6 is 0 Å². The number of rotatable bonds is 1. The Bertz CT molecular complexity index is 388. The molecule has 1 aromatic rings. The third kappa shape index (κ3) is 1.31. The molecule has 1 saturated heterocycles. The van der Waals surface area contributed by atoms with E-state index in [1.807, 2.05) is 13.8 Å². The van der Waals surface area contributed by atoms with Gasteiger partial charge in [-0.05, 0) is 13.8 Å². The van der Waals surface area contributed by atoms with Crippen molar-refractivity contribution in [2.45, 2.75) is 13.8 Å². The van der Waals surface area contributed by atoms with Crippen molar-refractivity contribution >= 4 is 5.82 Å². The molecule has 1 aliphatic heterocycles. The van der Waals surface area contributed by atoms with E-state index < -0.39 is 0 Å². The van der Waals surface area contributed by atoms with E-state index in [9.17, 15) is 0 Å². The predicted octanol–water partition coefficient (Wildman–Crippen LogP) is 1.05. The minimum atomic E-state index is 0.171. The van der Waals surface area contributed by atoms with Crippen LogP contribution in [0.3, 0.4) is 0 Å².